The molecule has 3 aromatic heterocycles. The molecule has 120 valence electrons. The lowest BCUT2D eigenvalue weighted by Crippen LogP contribution is -2.18. The molecule has 4 rings (SSSR count). The van der Waals surface area contributed by atoms with Crippen LogP contribution in [0.15, 0.2) is 48.7 Å². The number of imidazole rings is 1. The number of fused-ring (bicyclic) bond motifs is 2. The van der Waals surface area contributed by atoms with Crippen LogP contribution in [0.1, 0.15) is 5.01 Å². The summed E-state index contributed by atoms with van der Waals surface area (Å²) >= 11 is 1.58. The van der Waals surface area contributed by atoms with Crippen molar-refractivity contribution in [2.75, 3.05) is 11.9 Å². The molecule has 0 atom stereocenters. The molecule has 0 amide bonds. The van der Waals surface area contributed by atoms with Gasteiger partial charge in [0, 0.05) is 13.1 Å². The van der Waals surface area contributed by atoms with E-state index in [1.807, 2.05) is 30.3 Å². The molecule has 3 heterocycles. The van der Waals surface area contributed by atoms with Crippen LogP contribution in [-0.4, -0.2) is 26.3 Å². The van der Waals surface area contributed by atoms with Gasteiger partial charge in [0.25, 0.3) is 0 Å². The fourth-order valence-corrected chi connectivity index (χ4v) is 3.68. The summed E-state index contributed by atoms with van der Waals surface area (Å²) in [6, 6.07) is 13.2. The van der Waals surface area contributed by atoms with Crippen molar-refractivity contribution < 1.29 is 4.92 Å². The minimum Gasteiger partial charge on any atom is -0.358 e. The van der Waals surface area contributed by atoms with E-state index in [9.17, 15) is 10.1 Å². The molecule has 0 spiro atoms. The second-order valence-corrected chi connectivity index (χ2v) is 6.49. The molecule has 0 bridgehead atoms. The Kier molecular flexibility index (Phi) is 3.39. The number of hydrogen-bond donors (Lipinski definition) is 0. The average molecular weight is 339 g/mol. The second-order valence-electron chi connectivity index (χ2n) is 5.38. The van der Waals surface area contributed by atoms with Crippen molar-refractivity contribution in [2.45, 2.75) is 6.54 Å². The van der Waals surface area contributed by atoms with E-state index in [0.29, 0.717) is 18.0 Å². The zero-order valence-corrected chi connectivity index (χ0v) is 13.6. The Hall–Kier alpha value is -3.00. The fraction of sp³-hybridized carbons (Fsp3) is 0.125. The largest absolute Gasteiger partial charge is 0.372 e. The van der Waals surface area contributed by atoms with Crippen molar-refractivity contribution in [3.63, 3.8) is 0 Å². The fourth-order valence-electron chi connectivity index (χ4n) is 2.66. The number of rotatable bonds is 4. The van der Waals surface area contributed by atoms with Crippen molar-refractivity contribution in [1.82, 2.24) is 14.4 Å². The molecule has 0 saturated heterocycles. The first-order valence-corrected chi connectivity index (χ1v) is 8.12. The highest BCUT2D eigenvalue weighted by Gasteiger charge is 2.25. The van der Waals surface area contributed by atoms with Crippen molar-refractivity contribution in [3.8, 4) is 0 Å². The first-order valence-electron chi connectivity index (χ1n) is 7.30. The monoisotopic (exact) mass is 339 g/mol. The van der Waals surface area contributed by atoms with Crippen LogP contribution in [-0.2, 0) is 6.54 Å². The van der Waals surface area contributed by atoms with Crippen LogP contribution in [0.2, 0.25) is 0 Å². The van der Waals surface area contributed by atoms with Gasteiger partial charge in [0.15, 0.2) is 0 Å². The predicted molar refractivity (Wildman–Crippen MR) is 93.6 cm³/mol. The van der Waals surface area contributed by atoms with Crippen LogP contribution in [0.3, 0.4) is 0 Å². The molecule has 0 aliphatic heterocycles. The lowest BCUT2D eigenvalue weighted by atomic mass is 10.3. The van der Waals surface area contributed by atoms with E-state index in [2.05, 4.69) is 9.97 Å². The maximum atomic E-state index is 11.5. The van der Waals surface area contributed by atoms with Gasteiger partial charge < -0.3 is 15.0 Å². The number of para-hydroxylation sites is 1. The topological polar surface area (TPSA) is 76.6 Å². The zero-order valence-electron chi connectivity index (χ0n) is 12.8. The number of nitrogens with zero attached hydrogens (tertiary/aromatic N) is 5. The number of nitro groups is 1. The first kappa shape index (κ1) is 14.6. The SMILES string of the molecule is CN(Cc1nc2ccccc2s1)c1nc2ccccn2c1[N+](=O)[O-]. The quantitative estimate of drug-likeness (QED) is 0.420. The lowest BCUT2D eigenvalue weighted by Gasteiger charge is -2.13. The third-order valence-corrected chi connectivity index (χ3v) is 4.75. The van der Waals surface area contributed by atoms with Crippen LogP contribution in [0.5, 0.6) is 0 Å². The molecule has 0 fully saturated rings. The predicted octanol–water partition coefficient (Wildman–Crippen LogP) is 3.49. The summed E-state index contributed by atoms with van der Waals surface area (Å²) in [4.78, 5) is 21.9. The summed E-state index contributed by atoms with van der Waals surface area (Å²) in [5.41, 5.74) is 1.49. The minimum absolute atomic E-state index is 0.0331. The highest BCUT2D eigenvalue weighted by molar-refractivity contribution is 7.18. The summed E-state index contributed by atoms with van der Waals surface area (Å²) in [7, 11) is 1.79. The van der Waals surface area contributed by atoms with Crippen LogP contribution in [0.4, 0.5) is 11.6 Å². The number of aromatic nitrogens is 3. The van der Waals surface area contributed by atoms with E-state index >= 15 is 0 Å². The molecule has 1 aromatic carbocycles. The molecule has 8 heteroatoms. The van der Waals surface area contributed by atoms with Crippen molar-refractivity contribution in [2.24, 2.45) is 0 Å². The molecule has 0 unspecified atom stereocenters. The van der Waals surface area contributed by atoms with Crippen LogP contribution in [0.25, 0.3) is 15.9 Å². The number of hydrogen-bond acceptors (Lipinski definition) is 6. The van der Waals surface area contributed by atoms with E-state index in [-0.39, 0.29) is 5.82 Å². The number of benzene rings is 1. The van der Waals surface area contributed by atoms with Crippen LogP contribution >= 0.6 is 11.3 Å². The second kappa shape index (κ2) is 5.57. The summed E-state index contributed by atoms with van der Waals surface area (Å²) in [5.74, 6) is 0.305. The molecule has 0 N–H and O–H groups in total. The van der Waals surface area contributed by atoms with Gasteiger partial charge in [-0.1, -0.05) is 18.2 Å². The van der Waals surface area contributed by atoms with Gasteiger partial charge in [-0.2, -0.15) is 9.38 Å². The molecule has 0 saturated carbocycles. The van der Waals surface area contributed by atoms with Gasteiger partial charge in [0.05, 0.1) is 23.0 Å². The van der Waals surface area contributed by atoms with E-state index in [4.69, 9.17) is 0 Å². The molecular formula is C16H13N5O2S. The van der Waals surface area contributed by atoms with Gasteiger partial charge in [-0.05, 0) is 23.1 Å². The third kappa shape index (κ3) is 2.37. The third-order valence-electron chi connectivity index (χ3n) is 3.73. The number of thiazole rings is 1. The molecule has 7 nitrogen and oxygen atoms in total. The zero-order chi connectivity index (χ0) is 16.7. The van der Waals surface area contributed by atoms with Crippen molar-refractivity contribution >= 4 is 38.8 Å². The molecular weight excluding hydrogens is 326 g/mol. The molecule has 24 heavy (non-hydrogen) atoms. The highest BCUT2D eigenvalue weighted by Crippen LogP contribution is 2.30. The Morgan fingerprint density at radius 3 is 2.79 bits per heavy atom. The minimum atomic E-state index is -0.399. The number of pyridine rings is 1. The van der Waals surface area contributed by atoms with Gasteiger partial charge in [-0.15, -0.1) is 11.3 Å². The molecule has 0 aliphatic rings. The van der Waals surface area contributed by atoms with Gasteiger partial charge in [-0.3, -0.25) is 0 Å². The Bertz CT molecular complexity index is 1020. The summed E-state index contributed by atoms with van der Waals surface area (Å²) in [5, 5.41) is 12.4. The Morgan fingerprint density at radius 1 is 1.21 bits per heavy atom. The van der Waals surface area contributed by atoms with E-state index in [1.54, 1.807) is 41.6 Å². The number of anilines is 1. The van der Waals surface area contributed by atoms with Gasteiger partial charge in [-0.25, -0.2) is 4.98 Å². The van der Waals surface area contributed by atoms with Gasteiger partial charge >= 0.3 is 5.82 Å². The highest BCUT2D eigenvalue weighted by atomic mass is 32.1. The van der Waals surface area contributed by atoms with Gasteiger partial charge in [0.2, 0.25) is 11.5 Å². The lowest BCUT2D eigenvalue weighted by molar-refractivity contribution is -0.389. The Balaban J connectivity index is 1.73. The maximum absolute atomic E-state index is 11.5. The standard InChI is InChI=1S/C16H13N5O2S/c1-19(10-14-17-11-6-2-3-7-12(11)24-14)15-16(21(22)23)20-9-5-4-8-13(20)18-15/h2-9H,10H2,1H3. The summed E-state index contributed by atoms with van der Waals surface area (Å²) in [6.45, 7) is 0.462. The first-order chi connectivity index (χ1) is 11.6. The smallest absolute Gasteiger partial charge is 0.358 e. The molecule has 0 radical (unpaired) electrons. The van der Waals surface area contributed by atoms with Crippen LogP contribution < -0.4 is 4.90 Å². The van der Waals surface area contributed by atoms with Crippen LogP contribution in [0, 0.1) is 10.1 Å². The Labute approximate surface area is 141 Å². The van der Waals surface area contributed by atoms with E-state index in [1.165, 1.54) is 4.40 Å². The summed E-state index contributed by atoms with van der Waals surface area (Å²) < 4.78 is 2.59. The van der Waals surface area contributed by atoms with Gasteiger partial charge in [0.1, 0.15) is 5.01 Å². The van der Waals surface area contributed by atoms with Crippen molar-refractivity contribution in [3.05, 3.63) is 63.8 Å². The summed E-state index contributed by atoms with van der Waals surface area (Å²) in [6.07, 6.45) is 1.65. The molecule has 4 aromatic rings. The Morgan fingerprint density at radius 2 is 2.00 bits per heavy atom. The molecule has 0 aliphatic carbocycles. The normalized spacial score (nSPS) is 11.2. The van der Waals surface area contributed by atoms with E-state index in [0.717, 1.165) is 15.2 Å². The average Bonchev–Trinajstić information content (AvgIpc) is 3.15. The van der Waals surface area contributed by atoms with Crippen molar-refractivity contribution in [1.29, 1.82) is 0 Å². The van der Waals surface area contributed by atoms with E-state index < -0.39 is 4.92 Å². The maximum Gasteiger partial charge on any atom is 0.372 e.